The topological polar surface area (TPSA) is 71.5 Å². The van der Waals surface area contributed by atoms with Crippen LogP contribution in [0.2, 0.25) is 0 Å². The van der Waals surface area contributed by atoms with E-state index in [1.165, 1.54) is 17.8 Å². The third-order valence-corrected chi connectivity index (χ3v) is 4.50. The number of oxime groups is 1. The molecule has 1 aliphatic rings. The molecular weight excluding hydrogens is 289 g/mol. The van der Waals surface area contributed by atoms with Crippen LogP contribution in [0.25, 0.3) is 0 Å². The zero-order chi connectivity index (χ0) is 14.8. The molecule has 0 saturated carbocycles. The first kappa shape index (κ1) is 13.9. The van der Waals surface area contributed by atoms with Crippen molar-refractivity contribution in [2.75, 3.05) is 0 Å². The number of rotatable bonds is 3. The predicted octanol–water partition coefficient (Wildman–Crippen LogP) is 2.96. The molecule has 1 heterocycles. The summed E-state index contributed by atoms with van der Waals surface area (Å²) < 4.78 is 13.8. The van der Waals surface area contributed by atoms with E-state index in [2.05, 4.69) is 10.1 Å². The van der Waals surface area contributed by atoms with Gasteiger partial charge < -0.3 is 10.9 Å². The second-order valence-corrected chi connectivity index (χ2v) is 5.85. The molecule has 0 atom stereocenters. The van der Waals surface area contributed by atoms with Gasteiger partial charge in [0.05, 0.1) is 5.56 Å². The number of amidine groups is 1. The van der Waals surface area contributed by atoms with Gasteiger partial charge in [-0.25, -0.2) is 9.37 Å². The van der Waals surface area contributed by atoms with Gasteiger partial charge in [0.25, 0.3) is 0 Å². The lowest BCUT2D eigenvalue weighted by molar-refractivity contribution is 0.318. The molecule has 1 aromatic heterocycles. The Balaban J connectivity index is 2.06. The maximum Gasteiger partial charge on any atom is 0.172 e. The van der Waals surface area contributed by atoms with Crippen molar-refractivity contribution in [2.45, 2.75) is 29.2 Å². The van der Waals surface area contributed by atoms with Gasteiger partial charge in [0, 0.05) is 10.6 Å². The van der Waals surface area contributed by atoms with Crippen molar-refractivity contribution >= 4 is 17.6 Å². The molecule has 0 aliphatic heterocycles. The van der Waals surface area contributed by atoms with E-state index in [9.17, 15) is 4.39 Å². The Bertz CT molecular complexity index is 718. The minimum Gasteiger partial charge on any atom is -0.409 e. The van der Waals surface area contributed by atoms with Crippen molar-refractivity contribution < 1.29 is 9.60 Å². The molecule has 0 bridgehead atoms. The smallest absolute Gasteiger partial charge is 0.172 e. The average Bonchev–Trinajstić information content (AvgIpc) is 2.95. The van der Waals surface area contributed by atoms with Crippen LogP contribution in [0.1, 0.15) is 23.2 Å². The SMILES string of the molecule is NC(=NO)c1cc2c(nc1Sc1ccccc1F)CCC2. The molecule has 0 radical (unpaired) electrons. The third kappa shape index (κ3) is 2.71. The van der Waals surface area contributed by atoms with Gasteiger partial charge in [-0.1, -0.05) is 29.1 Å². The number of aromatic nitrogens is 1. The van der Waals surface area contributed by atoms with E-state index in [1.807, 2.05) is 6.07 Å². The molecule has 1 aromatic carbocycles. The van der Waals surface area contributed by atoms with Gasteiger partial charge in [0.1, 0.15) is 10.8 Å². The first-order chi connectivity index (χ1) is 10.2. The molecule has 21 heavy (non-hydrogen) atoms. The minimum atomic E-state index is -0.310. The highest BCUT2D eigenvalue weighted by Gasteiger charge is 2.19. The van der Waals surface area contributed by atoms with Crippen LogP contribution in [0.15, 0.2) is 45.4 Å². The van der Waals surface area contributed by atoms with Crippen LogP contribution in [0.3, 0.4) is 0 Å². The molecule has 108 valence electrons. The second-order valence-electron chi connectivity index (χ2n) is 4.82. The number of fused-ring (bicyclic) bond motifs is 1. The summed E-state index contributed by atoms with van der Waals surface area (Å²) in [5.41, 5.74) is 8.42. The molecule has 3 N–H and O–H groups in total. The van der Waals surface area contributed by atoms with Crippen molar-refractivity contribution in [3.63, 3.8) is 0 Å². The van der Waals surface area contributed by atoms with E-state index in [4.69, 9.17) is 10.9 Å². The highest BCUT2D eigenvalue weighted by Crippen LogP contribution is 2.33. The lowest BCUT2D eigenvalue weighted by Gasteiger charge is -2.10. The maximum atomic E-state index is 13.8. The van der Waals surface area contributed by atoms with E-state index in [0.717, 1.165) is 30.5 Å². The second kappa shape index (κ2) is 5.73. The van der Waals surface area contributed by atoms with E-state index in [-0.39, 0.29) is 11.7 Å². The molecule has 3 rings (SSSR count). The summed E-state index contributed by atoms with van der Waals surface area (Å²) in [5.74, 6) is -0.314. The van der Waals surface area contributed by atoms with Gasteiger partial charge in [0.2, 0.25) is 0 Å². The van der Waals surface area contributed by atoms with Crippen molar-refractivity contribution in [1.29, 1.82) is 0 Å². The number of pyridine rings is 1. The molecule has 1 aliphatic carbocycles. The van der Waals surface area contributed by atoms with Crippen molar-refractivity contribution in [2.24, 2.45) is 10.9 Å². The van der Waals surface area contributed by atoms with Crippen molar-refractivity contribution in [3.8, 4) is 0 Å². The van der Waals surface area contributed by atoms with Crippen LogP contribution in [0.4, 0.5) is 4.39 Å². The van der Waals surface area contributed by atoms with E-state index >= 15 is 0 Å². The Morgan fingerprint density at radius 2 is 2.14 bits per heavy atom. The number of aryl methyl sites for hydroxylation is 2. The maximum absolute atomic E-state index is 13.8. The number of benzene rings is 1. The summed E-state index contributed by atoms with van der Waals surface area (Å²) in [5, 5.41) is 12.6. The Labute approximate surface area is 125 Å². The summed E-state index contributed by atoms with van der Waals surface area (Å²) in [6.07, 6.45) is 2.90. The number of nitrogens with zero attached hydrogens (tertiary/aromatic N) is 2. The summed E-state index contributed by atoms with van der Waals surface area (Å²) in [6, 6.07) is 8.39. The van der Waals surface area contributed by atoms with Crippen LogP contribution < -0.4 is 5.73 Å². The van der Waals surface area contributed by atoms with Gasteiger partial charge >= 0.3 is 0 Å². The summed E-state index contributed by atoms with van der Waals surface area (Å²) in [4.78, 5) is 5.05. The highest BCUT2D eigenvalue weighted by atomic mass is 32.2. The quantitative estimate of drug-likeness (QED) is 0.396. The molecular formula is C15H14FN3OS. The van der Waals surface area contributed by atoms with Gasteiger partial charge in [-0.3, -0.25) is 0 Å². The van der Waals surface area contributed by atoms with Crippen LogP contribution >= 0.6 is 11.8 Å². The van der Waals surface area contributed by atoms with Crippen molar-refractivity contribution in [1.82, 2.24) is 4.98 Å². The third-order valence-electron chi connectivity index (χ3n) is 3.44. The molecule has 0 amide bonds. The van der Waals surface area contributed by atoms with Crippen LogP contribution in [-0.2, 0) is 12.8 Å². The molecule has 0 unspecified atom stereocenters. The molecule has 4 nitrogen and oxygen atoms in total. The van der Waals surface area contributed by atoms with E-state index < -0.39 is 0 Å². The molecule has 2 aromatic rings. The zero-order valence-electron chi connectivity index (χ0n) is 11.2. The summed E-state index contributed by atoms with van der Waals surface area (Å²) in [7, 11) is 0. The Morgan fingerprint density at radius 3 is 2.90 bits per heavy atom. The number of halogens is 1. The van der Waals surface area contributed by atoms with Crippen LogP contribution in [-0.4, -0.2) is 16.0 Å². The minimum absolute atomic E-state index is 0.00367. The lowest BCUT2D eigenvalue weighted by atomic mass is 10.1. The lowest BCUT2D eigenvalue weighted by Crippen LogP contribution is -2.16. The Hall–Kier alpha value is -2.08. The molecule has 0 saturated heterocycles. The fraction of sp³-hybridized carbons (Fsp3) is 0.200. The fourth-order valence-electron chi connectivity index (χ4n) is 2.40. The van der Waals surface area contributed by atoms with Gasteiger partial charge in [-0.05, 0) is 43.0 Å². The normalized spacial score (nSPS) is 14.2. The Morgan fingerprint density at radius 1 is 1.33 bits per heavy atom. The van der Waals surface area contributed by atoms with Gasteiger partial charge in [-0.15, -0.1) is 0 Å². The first-order valence-corrected chi connectivity index (χ1v) is 7.44. The Kier molecular flexibility index (Phi) is 3.79. The largest absolute Gasteiger partial charge is 0.409 e. The number of hydrogen-bond acceptors (Lipinski definition) is 4. The van der Waals surface area contributed by atoms with Crippen LogP contribution in [0.5, 0.6) is 0 Å². The molecule has 6 heteroatoms. The zero-order valence-corrected chi connectivity index (χ0v) is 12.0. The predicted molar refractivity (Wildman–Crippen MR) is 79.3 cm³/mol. The monoisotopic (exact) mass is 303 g/mol. The standard InChI is InChI=1S/C15H14FN3OS/c16-11-5-1-2-7-13(11)21-15-10(14(17)19-20)8-9-4-3-6-12(9)18-15/h1-2,5,7-8,20H,3-4,6H2,(H2,17,19). The number of nitrogens with two attached hydrogens (primary N) is 1. The summed E-state index contributed by atoms with van der Waals surface area (Å²) >= 11 is 1.19. The van der Waals surface area contributed by atoms with Gasteiger partial charge in [-0.2, -0.15) is 0 Å². The van der Waals surface area contributed by atoms with E-state index in [1.54, 1.807) is 18.2 Å². The number of hydrogen-bond donors (Lipinski definition) is 2. The van der Waals surface area contributed by atoms with Crippen LogP contribution in [0, 0.1) is 5.82 Å². The molecule has 0 fully saturated rings. The molecule has 0 spiro atoms. The van der Waals surface area contributed by atoms with Crippen molar-refractivity contribution in [3.05, 3.63) is 53.0 Å². The fourth-order valence-corrected chi connectivity index (χ4v) is 3.35. The average molecular weight is 303 g/mol. The highest BCUT2D eigenvalue weighted by molar-refractivity contribution is 7.99. The summed E-state index contributed by atoms with van der Waals surface area (Å²) in [6.45, 7) is 0. The van der Waals surface area contributed by atoms with E-state index in [0.29, 0.717) is 15.5 Å². The first-order valence-electron chi connectivity index (χ1n) is 6.62. The van der Waals surface area contributed by atoms with Gasteiger partial charge in [0.15, 0.2) is 5.84 Å².